The summed E-state index contributed by atoms with van der Waals surface area (Å²) in [6.07, 6.45) is 1.87. The molecule has 2 aliphatic heterocycles. The van der Waals surface area contributed by atoms with E-state index in [-0.39, 0.29) is 13.1 Å². The van der Waals surface area contributed by atoms with Crippen LogP contribution >= 0.6 is 0 Å². The molecule has 0 radical (unpaired) electrons. The average molecular weight is 459 g/mol. The van der Waals surface area contributed by atoms with Crippen molar-refractivity contribution >= 4 is 24.1 Å². The minimum Gasteiger partial charge on any atom is -0.481 e. The van der Waals surface area contributed by atoms with Crippen molar-refractivity contribution < 1.29 is 38.9 Å². The van der Waals surface area contributed by atoms with Crippen molar-refractivity contribution in [3.05, 3.63) is 0 Å². The normalized spacial score (nSPS) is 21.7. The van der Waals surface area contributed by atoms with Gasteiger partial charge < -0.3 is 29.5 Å². The lowest BCUT2D eigenvalue weighted by Crippen LogP contribution is -2.44. The number of nitrogens with zero attached hydrogens (tertiary/aromatic N) is 2. The molecule has 2 N–H and O–H groups in total. The molecule has 2 saturated heterocycles. The Labute approximate surface area is 189 Å². The zero-order chi connectivity index (χ0) is 24.7. The van der Waals surface area contributed by atoms with E-state index in [1.807, 2.05) is 0 Å². The highest BCUT2D eigenvalue weighted by molar-refractivity contribution is 5.74. The molecule has 10 heteroatoms. The van der Waals surface area contributed by atoms with Crippen LogP contribution in [0.2, 0.25) is 0 Å². The number of piperidine rings is 2. The summed E-state index contributed by atoms with van der Waals surface area (Å²) in [5.41, 5.74) is -1.07. The first kappa shape index (κ1) is 27.5. The highest BCUT2D eigenvalue weighted by atomic mass is 16.6. The van der Waals surface area contributed by atoms with E-state index in [0.717, 1.165) is 12.8 Å². The largest absolute Gasteiger partial charge is 0.481 e. The van der Waals surface area contributed by atoms with Crippen LogP contribution in [0.25, 0.3) is 0 Å². The second-order valence-corrected chi connectivity index (χ2v) is 10.2. The third-order valence-corrected chi connectivity index (χ3v) is 4.84. The average Bonchev–Trinajstić information content (AvgIpc) is 2.66. The Bertz CT molecular complexity index is 622. The number of rotatable bonds is 2. The smallest absolute Gasteiger partial charge is 0.410 e. The van der Waals surface area contributed by atoms with Crippen LogP contribution in [0, 0.1) is 11.8 Å². The van der Waals surface area contributed by atoms with Gasteiger partial charge in [0.15, 0.2) is 0 Å². The predicted molar refractivity (Wildman–Crippen MR) is 116 cm³/mol. The first-order chi connectivity index (χ1) is 14.6. The highest BCUT2D eigenvalue weighted by Gasteiger charge is 2.31. The van der Waals surface area contributed by atoms with E-state index in [4.69, 9.17) is 19.7 Å². The Balaban J connectivity index is 0.000000320. The zero-order valence-electron chi connectivity index (χ0n) is 20.0. The summed E-state index contributed by atoms with van der Waals surface area (Å²) in [5.74, 6) is -2.59. The predicted octanol–water partition coefficient (Wildman–Crippen LogP) is 3.44. The molecule has 2 fully saturated rings. The number of hydrogen-bond acceptors (Lipinski definition) is 6. The van der Waals surface area contributed by atoms with Crippen LogP contribution in [0.3, 0.4) is 0 Å². The van der Waals surface area contributed by atoms with Gasteiger partial charge in [-0.3, -0.25) is 9.59 Å². The Morgan fingerprint density at radius 1 is 0.688 bits per heavy atom. The van der Waals surface area contributed by atoms with Gasteiger partial charge in [-0.05, 0) is 67.2 Å². The number of ether oxygens (including phenoxy) is 2. The van der Waals surface area contributed by atoms with Crippen molar-refractivity contribution in [1.29, 1.82) is 0 Å². The molecule has 2 atom stereocenters. The fourth-order valence-corrected chi connectivity index (χ4v) is 3.34. The van der Waals surface area contributed by atoms with Crippen LogP contribution in [-0.2, 0) is 19.1 Å². The van der Waals surface area contributed by atoms with Crippen LogP contribution in [0.15, 0.2) is 0 Å². The first-order valence-electron chi connectivity index (χ1n) is 11.0. The van der Waals surface area contributed by atoms with Crippen molar-refractivity contribution in [2.75, 3.05) is 26.2 Å². The quantitative estimate of drug-likeness (QED) is 0.643. The number of carbonyl (C=O) groups is 4. The number of amides is 2. The lowest BCUT2D eigenvalue weighted by Gasteiger charge is -2.32. The summed E-state index contributed by atoms with van der Waals surface area (Å²) in [6.45, 7) is 12.4. The summed E-state index contributed by atoms with van der Waals surface area (Å²) < 4.78 is 10.4. The summed E-state index contributed by atoms with van der Waals surface area (Å²) in [4.78, 5) is 48.0. The number of carboxylic acid groups (broad SMARTS) is 2. The van der Waals surface area contributed by atoms with Crippen LogP contribution in [0.5, 0.6) is 0 Å². The molecule has 0 saturated carbocycles. The summed E-state index contributed by atoms with van der Waals surface area (Å²) >= 11 is 0. The third kappa shape index (κ3) is 10.2. The van der Waals surface area contributed by atoms with Crippen molar-refractivity contribution in [2.24, 2.45) is 11.8 Å². The van der Waals surface area contributed by atoms with Crippen LogP contribution in [0.1, 0.15) is 67.2 Å². The van der Waals surface area contributed by atoms with E-state index >= 15 is 0 Å². The Morgan fingerprint density at radius 3 is 1.25 bits per heavy atom. The molecule has 1 unspecified atom stereocenters. The molecule has 2 aliphatic rings. The fourth-order valence-electron chi connectivity index (χ4n) is 3.34. The lowest BCUT2D eigenvalue weighted by atomic mass is 9.99. The van der Waals surface area contributed by atoms with Gasteiger partial charge in [-0.25, -0.2) is 9.59 Å². The van der Waals surface area contributed by atoms with Crippen LogP contribution < -0.4 is 0 Å². The van der Waals surface area contributed by atoms with Gasteiger partial charge in [0.2, 0.25) is 0 Å². The van der Waals surface area contributed by atoms with Crippen LogP contribution in [0.4, 0.5) is 9.59 Å². The van der Waals surface area contributed by atoms with E-state index in [1.54, 1.807) is 41.5 Å². The zero-order valence-corrected chi connectivity index (χ0v) is 20.0. The fraction of sp³-hybridized carbons (Fsp3) is 0.818. The van der Waals surface area contributed by atoms with Gasteiger partial charge in [0.1, 0.15) is 11.2 Å². The minimum atomic E-state index is -0.840. The first-order valence-corrected chi connectivity index (χ1v) is 11.0. The van der Waals surface area contributed by atoms with E-state index in [9.17, 15) is 19.2 Å². The van der Waals surface area contributed by atoms with E-state index < -0.39 is 47.2 Å². The van der Waals surface area contributed by atoms with Gasteiger partial charge in [0.05, 0.1) is 11.8 Å². The molecular formula is C22H38N2O8. The third-order valence-electron chi connectivity index (χ3n) is 4.84. The number of carbonyl (C=O) groups excluding carboxylic acids is 2. The Morgan fingerprint density at radius 2 is 1.00 bits per heavy atom. The molecule has 10 nitrogen and oxygen atoms in total. The number of carboxylic acids is 2. The molecule has 2 amide bonds. The van der Waals surface area contributed by atoms with Crippen molar-refractivity contribution in [1.82, 2.24) is 9.80 Å². The SMILES string of the molecule is CC(C)(C)OC(=O)N1CCCC(C(=O)O)C1.CC(C)(C)OC(=O)N1CCC[C@@H](C(=O)O)C1. The standard InChI is InChI=1S/2C11H19NO4/c2*1-11(2,3)16-10(15)12-6-4-5-8(7-12)9(13)14/h2*8H,4-7H2,1-3H3,(H,13,14)/t8-;/m1./s1. The van der Waals surface area contributed by atoms with E-state index in [0.29, 0.717) is 25.9 Å². The van der Waals surface area contributed by atoms with Crippen molar-refractivity contribution in [3.8, 4) is 0 Å². The Kier molecular flexibility index (Phi) is 9.78. The minimum absolute atomic E-state index is 0.254. The number of likely N-dealkylation sites (tertiary alicyclic amines) is 2. The highest BCUT2D eigenvalue weighted by Crippen LogP contribution is 2.20. The maximum absolute atomic E-state index is 11.7. The van der Waals surface area contributed by atoms with Gasteiger partial charge >= 0.3 is 24.1 Å². The summed E-state index contributed by atoms with van der Waals surface area (Å²) in [5, 5.41) is 17.8. The summed E-state index contributed by atoms with van der Waals surface area (Å²) in [7, 11) is 0. The molecule has 32 heavy (non-hydrogen) atoms. The Hall–Kier alpha value is -2.52. The van der Waals surface area contributed by atoms with E-state index in [1.165, 1.54) is 9.80 Å². The van der Waals surface area contributed by atoms with Crippen molar-refractivity contribution in [3.63, 3.8) is 0 Å². The summed E-state index contributed by atoms with van der Waals surface area (Å²) in [6, 6.07) is 0. The van der Waals surface area contributed by atoms with Gasteiger partial charge in [-0.2, -0.15) is 0 Å². The number of aliphatic carboxylic acids is 2. The molecule has 0 aromatic carbocycles. The van der Waals surface area contributed by atoms with Gasteiger partial charge in [0, 0.05) is 26.2 Å². The van der Waals surface area contributed by atoms with Crippen molar-refractivity contribution in [2.45, 2.75) is 78.4 Å². The monoisotopic (exact) mass is 458 g/mol. The van der Waals surface area contributed by atoms with Gasteiger partial charge in [0.25, 0.3) is 0 Å². The second kappa shape index (κ2) is 11.4. The van der Waals surface area contributed by atoms with Gasteiger partial charge in [-0.1, -0.05) is 0 Å². The maximum Gasteiger partial charge on any atom is 0.410 e. The molecule has 2 rings (SSSR count). The van der Waals surface area contributed by atoms with Gasteiger partial charge in [-0.15, -0.1) is 0 Å². The molecule has 184 valence electrons. The molecule has 0 aromatic heterocycles. The number of hydrogen-bond donors (Lipinski definition) is 2. The van der Waals surface area contributed by atoms with E-state index in [2.05, 4.69) is 0 Å². The van der Waals surface area contributed by atoms with Crippen LogP contribution in [-0.4, -0.2) is 81.5 Å². The molecule has 0 bridgehead atoms. The molecule has 0 aliphatic carbocycles. The second-order valence-electron chi connectivity index (χ2n) is 10.2. The topological polar surface area (TPSA) is 134 Å². The molecular weight excluding hydrogens is 420 g/mol. The molecule has 0 spiro atoms. The molecule has 0 aromatic rings. The lowest BCUT2D eigenvalue weighted by molar-refractivity contribution is -0.144. The maximum atomic E-state index is 11.7. The molecule has 2 heterocycles.